The highest BCUT2D eigenvalue weighted by Gasteiger charge is 2.23. The van der Waals surface area contributed by atoms with Crippen LogP contribution in [0.15, 0.2) is 72.9 Å². The zero-order chi connectivity index (χ0) is 55.6. The third-order valence-electron chi connectivity index (χ3n) is 14.4. The van der Waals surface area contributed by atoms with E-state index in [-0.39, 0.29) is 19.1 Å². The van der Waals surface area contributed by atoms with Crippen LogP contribution in [0.25, 0.3) is 0 Å². The summed E-state index contributed by atoms with van der Waals surface area (Å²) in [5, 5.41) is 13.9. The Morgan fingerprint density at radius 2 is 0.803 bits per heavy atom. The molecule has 0 aliphatic carbocycles. The number of carbonyl (C=O) groups excluding carboxylic acids is 1. The number of rotatable bonds is 59. The fourth-order valence-corrected chi connectivity index (χ4v) is 10.1. The standard InChI is InChI=1S/C67H125N2O6P/c1-6-8-10-12-14-16-18-20-22-24-25-26-27-28-29-30-31-32-33-34-35-36-37-38-39-40-41-42-43-45-47-49-51-53-55-57-59-61-67(71)68-65(64-75-76(72,73)74-63-62-69(3,4)5)66(70)60-58-56-54-52-50-48-46-44-23-21-19-17-15-13-11-9-7-2/h8,10,14,16,20,22,25-26,28-29,58,60,65-66,70H,6-7,9,11-13,15,17-19,21,23-24,27,30-57,59,61-64H2,1-5H3,(H-,68,71,72,73)/b10-8-,16-14-,22-20-,26-25-,29-28-,60-58+. The van der Waals surface area contributed by atoms with Crippen LogP contribution >= 0.6 is 7.82 Å². The first-order valence-electron chi connectivity index (χ1n) is 32.3. The zero-order valence-electron chi connectivity index (χ0n) is 50.7. The van der Waals surface area contributed by atoms with Gasteiger partial charge in [-0.3, -0.25) is 9.36 Å². The highest BCUT2D eigenvalue weighted by atomic mass is 31.2. The average molecular weight is 1090 g/mol. The van der Waals surface area contributed by atoms with Crippen LogP contribution in [0.2, 0.25) is 0 Å². The summed E-state index contributed by atoms with van der Waals surface area (Å²) in [5.74, 6) is -0.194. The van der Waals surface area contributed by atoms with Gasteiger partial charge in [0.15, 0.2) is 0 Å². The Balaban J connectivity index is 3.99. The molecule has 76 heavy (non-hydrogen) atoms. The van der Waals surface area contributed by atoms with Crippen LogP contribution in [-0.2, 0) is 18.4 Å². The van der Waals surface area contributed by atoms with E-state index in [1.54, 1.807) is 6.08 Å². The van der Waals surface area contributed by atoms with Crippen molar-refractivity contribution in [2.45, 2.75) is 309 Å². The summed E-state index contributed by atoms with van der Waals surface area (Å²) in [5.41, 5.74) is 0. The highest BCUT2D eigenvalue weighted by Crippen LogP contribution is 2.38. The van der Waals surface area contributed by atoms with E-state index in [0.29, 0.717) is 17.4 Å². The summed E-state index contributed by atoms with van der Waals surface area (Å²) >= 11 is 0. The van der Waals surface area contributed by atoms with Crippen LogP contribution in [0.5, 0.6) is 0 Å². The molecule has 0 aromatic carbocycles. The van der Waals surface area contributed by atoms with Crippen LogP contribution in [0, 0.1) is 0 Å². The number of likely N-dealkylation sites (N-methyl/N-ethyl adjacent to an activating group) is 1. The Labute approximate surface area is 472 Å². The van der Waals surface area contributed by atoms with Gasteiger partial charge in [0.25, 0.3) is 7.82 Å². The smallest absolute Gasteiger partial charge is 0.268 e. The van der Waals surface area contributed by atoms with Gasteiger partial charge in [-0.05, 0) is 64.2 Å². The molecule has 8 nitrogen and oxygen atoms in total. The van der Waals surface area contributed by atoms with E-state index in [1.165, 1.54) is 205 Å². The molecule has 0 aliphatic rings. The Bertz CT molecular complexity index is 1470. The van der Waals surface area contributed by atoms with Crippen molar-refractivity contribution in [2.24, 2.45) is 0 Å². The molecule has 0 fully saturated rings. The first kappa shape index (κ1) is 73.9. The van der Waals surface area contributed by atoms with Gasteiger partial charge in [-0.15, -0.1) is 0 Å². The molecular formula is C67H125N2O6P. The van der Waals surface area contributed by atoms with Crippen molar-refractivity contribution >= 4 is 13.7 Å². The van der Waals surface area contributed by atoms with Gasteiger partial charge in [0.1, 0.15) is 13.2 Å². The fourth-order valence-electron chi connectivity index (χ4n) is 9.42. The summed E-state index contributed by atoms with van der Waals surface area (Å²) in [6.45, 7) is 4.56. The van der Waals surface area contributed by atoms with Crippen LogP contribution < -0.4 is 10.2 Å². The number of unbranched alkanes of at least 4 members (excludes halogenated alkanes) is 36. The Morgan fingerprint density at radius 1 is 0.474 bits per heavy atom. The summed E-state index contributed by atoms with van der Waals surface area (Å²) < 4.78 is 23.4. The van der Waals surface area contributed by atoms with Gasteiger partial charge in [0, 0.05) is 6.42 Å². The maximum atomic E-state index is 13.0. The second-order valence-electron chi connectivity index (χ2n) is 23.1. The van der Waals surface area contributed by atoms with Crippen LogP contribution in [-0.4, -0.2) is 68.5 Å². The number of carbonyl (C=O) groups is 1. The number of quaternary nitrogens is 1. The van der Waals surface area contributed by atoms with Crippen LogP contribution in [0.3, 0.4) is 0 Å². The molecule has 0 aromatic heterocycles. The maximum absolute atomic E-state index is 13.0. The second-order valence-corrected chi connectivity index (χ2v) is 24.5. The third-order valence-corrected chi connectivity index (χ3v) is 15.4. The van der Waals surface area contributed by atoms with Gasteiger partial charge >= 0.3 is 0 Å². The fraction of sp³-hybridized carbons (Fsp3) is 0.806. The van der Waals surface area contributed by atoms with E-state index in [1.807, 2.05) is 27.2 Å². The molecule has 1 amide bonds. The van der Waals surface area contributed by atoms with Crippen molar-refractivity contribution in [3.05, 3.63) is 72.9 Å². The molecule has 3 atom stereocenters. The van der Waals surface area contributed by atoms with E-state index in [2.05, 4.69) is 79.9 Å². The van der Waals surface area contributed by atoms with E-state index in [0.717, 1.165) is 70.6 Å². The number of phosphoric acid groups is 1. The number of nitrogens with zero attached hydrogens (tertiary/aromatic N) is 1. The quantitative estimate of drug-likeness (QED) is 0.0272. The summed E-state index contributed by atoms with van der Waals surface area (Å²) in [7, 11) is 1.27. The van der Waals surface area contributed by atoms with Crippen LogP contribution in [0.1, 0.15) is 296 Å². The predicted octanol–water partition coefficient (Wildman–Crippen LogP) is 19.6. The number of amides is 1. The molecule has 3 unspecified atom stereocenters. The van der Waals surface area contributed by atoms with Gasteiger partial charge in [-0.2, -0.15) is 0 Å². The second kappa shape index (κ2) is 57.6. The Kier molecular flexibility index (Phi) is 56.1. The molecular weight excluding hydrogens is 960 g/mol. The van der Waals surface area contributed by atoms with Crippen molar-refractivity contribution in [1.82, 2.24) is 5.32 Å². The Morgan fingerprint density at radius 3 is 1.17 bits per heavy atom. The molecule has 0 aromatic rings. The normalized spacial score (nSPS) is 14.2. The van der Waals surface area contributed by atoms with Crippen molar-refractivity contribution in [2.75, 3.05) is 40.9 Å². The number of hydrogen-bond donors (Lipinski definition) is 2. The van der Waals surface area contributed by atoms with E-state index in [4.69, 9.17) is 9.05 Å². The number of phosphoric ester groups is 1. The first-order valence-corrected chi connectivity index (χ1v) is 33.8. The lowest BCUT2D eigenvalue weighted by molar-refractivity contribution is -0.870. The first-order chi connectivity index (χ1) is 37.0. The number of allylic oxidation sites excluding steroid dienone is 11. The lowest BCUT2D eigenvalue weighted by Crippen LogP contribution is -2.45. The molecule has 0 saturated heterocycles. The molecule has 0 radical (unpaired) electrons. The minimum Gasteiger partial charge on any atom is -0.756 e. The molecule has 0 rings (SSSR count). The largest absolute Gasteiger partial charge is 0.756 e. The van der Waals surface area contributed by atoms with E-state index < -0.39 is 20.0 Å². The number of aliphatic hydroxyl groups excluding tert-OH is 1. The van der Waals surface area contributed by atoms with Gasteiger partial charge in [-0.25, -0.2) is 0 Å². The van der Waals surface area contributed by atoms with Crippen molar-refractivity contribution in [3.8, 4) is 0 Å². The summed E-state index contributed by atoms with van der Waals surface area (Å²) in [6.07, 6.45) is 80.0. The molecule has 2 N–H and O–H groups in total. The number of aliphatic hydroxyl groups is 1. The monoisotopic (exact) mass is 1080 g/mol. The zero-order valence-corrected chi connectivity index (χ0v) is 51.6. The minimum absolute atomic E-state index is 0.000738. The maximum Gasteiger partial charge on any atom is 0.268 e. The van der Waals surface area contributed by atoms with Crippen LogP contribution in [0.4, 0.5) is 0 Å². The van der Waals surface area contributed by atoms with Crippen molar-refractivity contribution in [3.63, 3.8) is 0 Å². The number of hydrogen-bond acceptors (Lipinski definition) is 6. The van der Waals surface area contributed by atoms with Crippen molar-refractivity contribution < 1.29 is 32.9 Å². The van der Waals surface area contributed by atoms with Gasteiger partial charge in [-0.1, -0.05) is 299 Å². The third kappa shape index (κ3) is 59.6. The summed E-state index contributed by atoms with van der Waals surface area (Å²) in [6, 6.07) is -0.887. The molecule has 0 spiro atoms. The molecule has 0 saturated carbocycles. The van der Waals surface area contributed by atoms with Gasteiger partial charge in [0.2, 0.25) is 5.91 Å². The topological polar surface area (TPSA) is 108 Å². The SMILES string of the molecule is CC/C=C\C/C=C\C/C=C\C/C=C\C/C=C\CCCCCCCCCCCCCCCCCCCCCCCC(=O)NC(COP(=O)([O-])OCC[N+](C)(C)C)C(O)/C=C/CCCCCCCCCCCCCCCCC. The highest BCUT2D eigenvalue weighted by molar-refractivity contribution is 7.45. The lowest BCUT2D eigenvalue weighted by Gasteiger charge is -2.29. The number of nitrogens with one attached hydrogen (secondary N) is 1. The Hall–Kier alpha value is -2.06. The van der Waals surface area contributed by atoms with Gasteiger partial charge in [0.05, 0.1) is 39.9 Å². The molecule has 9 heteroatoms. The predicted molar refractivity (Wildman–Crippen MR) is 330 cm³/mol. The lowest BCUT2D eigenvalue weighted by atomic mass is 10.0. The van der Waals surface area contributed by atoms with E-state index >= 15 is 0 Å². The minimum atomic E-state index is -4.60. The van der Waals surface area contributed by atoms with Crippen molar-refractivity contribution in [1.29, 1.82) is 0 Å². The average Bonchev–Trinajstić information content (AvgIpc) is 3.38. The molecule has 0 heterocycles. The van der Waals surface area contributed by atoms with E-state index in [9.17, 15) is 19.4 Å². The molecule has 444 valence electrons. The summed E-state index contributed by atoms with van der Waals surface area (Å²) in [4.78, 5) is 25.5. The molecule has 0 bridgehead atoms. The van der Waals surface area contributed by atoms with Gasteiger partial charge < -0.3 is 28.8 Å². The molecule has 0 aliphatic heterocycles.